The maximum atomic E-state index is 5.99. The van der Waals surface area contributed by atoms with E-state index < -0.39 is 0 Å². The van der Waals surface area contributed by atoms with Crippen molar-refractivity contribution in [2.75, 3.05) is 13.1 Å². The minimum absolute atomic E-state index is 0.171. The van der Waals surface area contributed by atoms with E-state index in [1.54, 1.807) is 0 Å². The number of nitrogens with one attached hydrogen (secondary N) is 1. The lowest BCUT2D eigenvalue weighted by atomic mass is 10.1. The summed E-state index contributed by atoms with van der Waals surface area (Å²) in [7, 11) is 0. The van der Waals surface area contributed by atoms with Crippen LogP contribution in [0.5, 0.6) is 5.75 Å². The summed E-state index contributed by atoms with van der Waals surface area (Å²) in [5, 5.41) is 5.88. The maximum Gasteiger partial charge on any atom is 0.120 e. The summed E-state index contributed by atoms with van der Waals surface area (Å²) in [5.74, 6) is 1.68. The molecule has 0 radical (unpaired) electrons. The van der Waals surface area contributed by atoms with Crippen LogP contribution in [0.15, 0.2) is 40.9 Å². The van der Waals surface area contributed by atoms with Gasteiger partial charge in [-0.1, -0.05) is 41.9 Å². The molecule has 0 aliphatic carbocycles. The Labute approximate surface area is 136 Å². The molecule has 0 aromatic heterocycles. The molecule has 2 rings (SSSR count). The molecule has 0 aliphatic heterocycles. The van der Waals surface area contributed by atoms with Gasteiger partial charge in [-0.05, 0) is 60.8 Å². The Morgan fingerprint density at radius 2 is 1.76 bits per heavy atom. The van der Waals surface area contributed by atoms with Crippen molar-refractivity contribution in [2.45, 2.75) is 33.3 Å². The van der Waals surface area contributed by atoms with Crippen molar-refractivity contribution in [3.63, 3.8) is 0 Å². The highest BCUT2D eigenvalue weighted by molar-refractivity contribution is 9.10. The summed E-state index contributed by atoms with van der Waals surface area (Å²) in [5.41, 5.74) is 0. The highest BCUT2D eigenvalue weighted by Gasteiger charge is 2.05. The molecule has 0 saturated heterocycles. The Morgan fingerprint density at radius 1 is 1.05 bits per heavy atom. The Bertz CT molecular complexity index is 582. The Morgan fingerprint density at radius 3 is 2.52 bits per heavy atom. The first-order chi connectivity index (χ1) is 10.0. The normalized spacial score (nSPS) is 12.8. The Balaban J connectivity index is 1.88. The smallest absolute Gasteiger partial charge is 0.120 e. The zero-order valence-corrected chi connectivity index (χ0v) is 14.6. The Kier molecular flexibility index (Phi) is 6.07. The second-order valence-electron chi connectivity index (χ2n) is 5.97. The third-order valence-corrected chi connectivity index (χ3v) is 3.93. The highest BCUT2D eigenvalue weighted by Crippen LogP contribution is 2.24. The molecule has 2 nitrogen and oxygen atoms in total. The lowest BCUT2D eigenvalue weighted by molar-refractivity contribution is 0.217. The fraction of sp³-hybridized carbons (Fsp3) is 0.444. The van der Waals surface area contributed by atoms with Crippen molar-refractivity contribution in [1.29, 1.82) is 0 Å². The summed E-state index contributed by atoms with van der Waals surface area (Å²) < 4.78 is 7.09. The van der Waals surface area contributed by atoms with E-state index in [4.69, 9.17) is 4.74 Å². The van der Waals surface area contributed by atoms with Crippen LogP contribution in [0.4, 0.5) is 0 Å². The average molecular weight is 350 g/mol. The van der Waals surface area contributed by atoms with Crippen LogP contribution < -0.4 is 10.1 Å². The van der Waals surface area contributed by atoms with Crippen molar-refractivity contribution in [3.05, 3.63) is 40.9 Å². The first kappa shape index (κ1) is 16.3. The van der Waals surface area contributed by atoms with E-state index in [9.17, 15) is 0 Å². The second kappa shape index (κ2) is 7.81. The SMILES string of the molecule is CC(C)CCNCC(C)Oc1ccc2cc(Br)ccc2c1. The summed E-state index contributed by atoms with van der Waals surface area (Å²) >= 11 is 3.50. The molecule has 1 N–H and O–H groups in total. The quantitative estimate of drug-likeness (QED) is 0.709. The van der Waals surface area contributed by atoms with Crippen molar-refractivity contribution >= 4 is 26.7 Å². The van der Waals surface area contributed by atoms with E-state index in [2.05, 4.69) is 72.3 Å². The predicted octanol–water partition coefficient (Wildman–Crippen LogP) is 5.01. The van der Waals surface area contributed by atoms with Gasteiger partial charge in [0.15, 0.2) is 0 Å². The number of rotatable bonds is 7. The van der Waals surface area contributed by atoms with E-state index >= 15 is 0 Å². The van der Waals surface area contributed by atoms with Crippen LogP contribution in [0.3, 0.4) is 0 Å². The summed E-state index contributed by atoms with van der Waals surface area (Å²) in [6, 6.07) is 12.5. The lowest BCUT2D eigenvalue weighted by Gasteiger charge is -2.16. The summed E-state index contributed by atoms with van der Waals surface area (Å²) in [6.45, 7) is 8.53. The molecular formula is C18H24BrNO. The molecule has 114 valence electrons. The summed E-state index contributed by atoms with van der Waals surface area (Å²) in [6.07, 6.45) is 1.38. The molecule has 0 heterocycles. The van der Waals surface area contributed by atoms with E-state index in [-0.39, 0.29) is 6.10 Å². The molecule has 0 fully saturated rings. The van der Waals surface area contributed by atoms with Gasteiger partial charge in [0, 0.05) is 11.0 Å². The first-order valence-electron chi connectivity index (χ1n) is 7.61. The van der Waals surface area contributed by atoms with Crippen LogP contribution in [0.1, 0.15) is 27.2 Å². The standard InChI is InChI=1S/C18H24BrNO/c1-13(2)8-9-20-12-14(3)21-18-7-5-15-10-17(19)6-4-16(15)11-18/h4-7,10-11,13-14,20H,8-9,12H2,1-3H3. The second-order valence-corrected chi connectivity index (χ2v) is 6.88. The molecule has 0 amide bonds. The summed E-state index contributed by atoms with van der Waals surface area (Å²) in [4.78, 5) is 0. The van der Waals surface area contributed by atoms with Gasteiger partial charge in [0.05, 0.1) is 0 Å². The van der Waals surface area contributed by atoms with Crippen LogP contribution >= 0.6 is 15.9 Å². The van der Waals surface area contributed by atoms with Crippen LogP contribution in [-0.2, 0) is 0 Å². The zero-order chi connectivity index (χ0) is 15.2. The fourth-order valence-corrected chi connectivity index (χ4v) is 2.62. The number of hydrogen-bond acceptors (Lipinski definition) is 2. The van der Waals surface area contributed by atoms with Crippen molar-refractivity contribution in [3.8, 4) is 5.75 Å². The van der Waals surface area contributed by atoms with Crippen molar-refractivity contribution in [2.24, 2.45) is 5.92 Å². The molecule has 21 heavy (non-hydrogen) atoms. The van der Waals surface area contributed by atoms with Crippen LogP contribution in [0, 0.1) is 5.92 Å². The molecule has 2 aromatic carbocycles. The van der Waals surface area contributed by atoms with E-state index in [0.717, 1.165) is 29.2 Å². The van der Waals surface area contributed by atoms with E-state index in [1.807, 2.05) is 6.07 Å². The van der Waals surface area contributed by atoms with Gasteiger partial charge in [-0.3, -0.25) is 0 Å². The zero-order valence-electron chi connectivity index (χ0n) is 13.0. The van der Waals surface area contributed by atoms with Gasteiger partial charge in [-0.25, -0.2) is 0 Å². The third kappa shape index (κ3) is 5.33. The largest absolute Gasteiger partial charge is 0.489 e. The van der Waals surface area contributed by atoms with Gasteiger partial charge >= 0.3 is 0 Å². The van der Waals surface area contributed by atoms with Gasteiger partial charge in [0.2, 0.25) is 0 Å². The van der Waals surface area contributed by atoms with Crippen LogP contribution in [-0.4, -0.2) is 19.2 Å². The monoisotopic (exact) mass is 349 g/mol. The molecule has 0 saturated carbocycles. The molecule has 2 aromatic rings. The molecule has 1 unspecified atom stereocenters. The topological polar surface area (TPSA) is 21.3 Å². The van der Waals surface area contributed by atoms with Gasteiger partial charge in [-0.2, -0.15) is 0 Å². The van der Waals surface area contributed by atoms with Gasteiger partial charge < -0.3 is 10.1 Å². The third-order valence-electron chi connectivity index (χ3n) is 3.44. The van der Waals surface area contributed by atoms with Crippen molar-refractivity contribution < 1.29 is 4.74 Å². The van der Waals surface area contributed by atoms with Gasteiger partial charge in [0.1, 0.15) is 11.9 Å². The van der Waals surface area contributed by atoms with Crippen LogP contribution in [0.25, 0.3) is 10.8 Å². The van der Waals surface area contributed by atoms with E-state index in [0.29, 0.717) is 0 Å². The molecule has 0 aliphatic rings. The minimum Gasteiger partial charge on any atom is -0.489 e. The van der Waals surface area contributed by atoms with E-state index in [1.165, 1.54) is 17.2 Å². The van der Waals surface area contributed by atoms with Crippen LogP contribution in [0.2, 0.25) is 0 Å². The highest BCUT2D eigenvalue weighted by atomic mass is 79.9. The van der Waals surface area contributed by atoms with Gasteiger partial charge in [-0.15, -0.1) is 0 Å². The van der Waals surface area contributed by atoms with Crippen molar-refractivity contribution in [1.82, 2.24) is 5.32 Å². The Hall–Kier alpha value is -1.06. The molecular weight excluding hydrogens is 326 g/mol. The number of halogens is 1. The minimum atomic E-state index is 0.171. The maximum absolute atomic E-state index is 5.99. The average Bonchev–Trinajstić information content (AvgIpc) is 2.43. The predicted molar refractivity (Wildman–Crippen MR) is 94.1 cm³/mol. The fourth-order valence-electron chi connectivity index (χ4n) is 2.24. The molecule has 1 atom stereocenters. The van der Waals surface area contributed by atoms with Gasteiger partial charge in [0.25, 0.3) is 0 Å². The number of hydrogen-bond donors (Lipinski definition) is 1. The number of ether oxygens (including phenoxy) is 1. The first-order valence-corrected chi connectivity index (χ1v) is 8.40. The lowest BCUT2D eigenvalue weighted by Crippen LogP contribution is -2.30. The molecule has 0 spiro atoms. The molecule has 0 bridgehead atoms. The molecule has 3 heteroatoms. The number of fused-ring (bicyclic) bond motifs is 1. The number of benzene rings is 2.